The number of nitrogens with zero attached hydrogens (tertiary/aromatic N) is 3. The minimum absolute atomic E-state index is 0.0286. The summed E-state index contributed by atoms with van der Waals surface area (Å²) in [6.45, 7) is 2.33. The summed E-state index contributed by atoms with van der Waals surface area (Å²) in [5, 5.41) is 3.20. The van der Waals surface area contributed by atoms with Crippen molar-refractivity contribution in [2.24, 2.45) is 0 Å². The maximum absolute atomic E-state index is 14.2. The Bertz CT molecular complexity index is 791. The van der Waals surface area contributed by atoms with Gasteiger partial charge in [-0.1, -0.05) is 5.16 Å². The normalized spacial score (nSPS) is 17.8. The van der Waals surface area contributed by atoms with Crippen molar-refractivity contribution < 1.29 is 31.6 Å². The highest BCUT2D eigenvalue weighted by molar-refractivity contribution is 5.73. The average Bonchev–Trinajstić information content (AvgIpc) is 3.18. The smallest absolute Gasteiger partial charge is 0.471 e. The summed E-state index contributed by atoms with van der Waals surface area (Å²) >= 11 is 0. The maximum atomic E-state index is 14.2. The first-order valence-electron chi connectivity index (χ1n) is 7.37. The molecule has 25 heavy (non-hydrogen) atoms. The van der Waals surface area contributed by atoms with Crippen LogP contribution in [0.1, 0.15) is 19.2 Å². The van der Waals surface area contributed by atoms with E-state index in [-0.39, 0.29) is 29.1 Å². The summed E-state index contributed by atoms with van der Waals surface area (Å²) < 4.78 is 61.2. The minimum Gasteiger partial charge on any atom is -0.485 e. The number of likely N-dealkylation sites (tertiary alicyclic amines) is 1. The van der Waals surface area contributed by atoms with Crippen LogP contribution in [0.25, 0.3) is 11.4 Å². The standard InChI is InChI=1S/C15H13F4N3O3/c1-8(23)22-5-4-10(7-22)24-12-3-2-9(6-11(12)16)13-20-14(25-21-13)15(17,18)19/h2-3,6,10H,4-5,7H2,1H3/t10-/m0/s1. The van der Waals surface area contributed by atoms with Crippen LogP contribution < -0.4 is 4.74 Å². The number of benzene rings is 1. The molecule has 1 aliphatic rings. The van der Waals surface area contributed by atoms with Crippen molar-refractivity contribution in [3.8, 4) is 17.1 Å². The van der Waals surface area contributed by atoms with Crippen LogP contribution in [0.3, 0.4) is 0 Å². The zero-order valence-electron chi connectivity index (χ0n) is 13.0. The Kier molecular flexibility index (Phi) is 4.36. The third kappa shape index (κ3) is 3.72. The fraction of sp³-hybridized carbons (Fsp3) is 0.400. The van der Waals surface area contributed by atoms with Crippen molar-refractivity contribution in [1.29, 1.82) is 0 Å². The third-order valence-corrected chi connectivity index (χ3v) is 3.74. The quantitative estimate of drug-likeness (QED) is 0.789. The fourth-order valence-corrected chi connectivity index (χ4v) is 2.48. The highest BCUT2D eigenvalue weighted by Crippen LogP contribution is 2.31. The van der Waals surface area contributed by atoms with Gasteiger partial charge in [0.2, 0.25) is 11.7 Å². The fourth-order valence-electron chi connectivity index (χ4n) is 2.48. The SMILES string of the molecule is CC(=O)N1CC[C@H](Oc2ccc(-c3noc(C(F)(F)F)n3)cc2F)C1. The molecule has 1 amide bonds. The number of rotatable bonds is 3. The predicted molar refractivity (Wildman–Crippen MR) is 76.0 cm³/mol. The number of hydrogen-bond donors (Lipinski definition) is 0. The Morgan fingerprint density at radius 3 is 2.72 bits per heavy atom. The van der Waals surface area contributed by atoms with Gasteiger partial charge in [0.1, 0.15) is 6.10 Å². The number of alkyl halides is 3. The molecule has 1 aromatic carbocycles. The molecular formula is C15H13F4N3O3. The van der Waals surface area contributed by atoms with Gasteiger partial charge in [-0.25, -0.2) is 4.39 Å². The van der Waals surface area contributed by atoms with Gasteiger partial charge in [-0.15, -0.1) is 0 Å². The Hall–Kier alpha value is -2.65. The average molecular weight is 359 g/mol. The first-order chi connectivity index (χ1) is 11.7. The van der Waals surface area contributed by atoms with Gasteiger partial charge >= 0.3 is 12.1 Å². The number of aromatic nitrogens is 2. The Balaban J connectivity index is 1.73. The zero-order chi connectivity index (χ0) is 18.2. The van der Waals surface area contributed by atoms with Gasteiger partial charge in [-0.2, -0.15) is 18.2 Å². The molecule has 1 saturated heterocycles. The summed E-state index contributed by atoms with van der Waals surface area (Å²) in [6.07, 6.45) is -4.54. The Labute approximate surface area is 139 Å². The molecule has 0 radical (unpaired) electrons. The van der Waals surface area contributed by atoms with E-state index in [1.807, 2.05) is 0 Å². The molecule has 0 spiro atoms. The van der Waals surface area contributed by atoms with Crippen LogP contribution in [0.5, 0.6) is 5.75 Å². The van der Waals surface area contributed by atoms with Crippen LogP contribution in [0.15, 0.2) is 22.7 Å². The number of amides is 1. The van der Waals surface area contributed by atoms with Gasteiger partial charge in [0.15, 0.2) is 11.6 Å². The van der Waals surface area contributed by atoms with E-state index >= 15 is 0 Å². The van der Waals surface area contributed by atoms with Crippen molar-refractivity contribution >= 4 is 5.91 Å². The summed E-state index contributed by atoms with van der Waals surface area (Å²) in [5.74, 6) is -2.78. The molecule has 2 aromatic rings. The lowest BCUT2D eigenvalue weighted by atomic mass is 10.2. The molecule has 0 aliphatic carbocycles. The van der Waals surface area contributed by atoms with Gasteiger partial charge in [0.25, 0.3) is 0 Å². The highest BCUT2D eigenvalue weighted by atomic mass is 19.4. The molecule has 1 aromatic heterocycles. The van der Waals surface area contributed by atoms with E-state index in [0.29, 0.717) is 19.5 Å². The number of carbonyl (C=O) groups excluding carboxylic acids is 1. The molecule has 1 aliphatic heterocycles. The number of halogens is 4. The van der Waals surface area contributed by atoms with Gasteiger partial charge in [0, 0.05) is 25.5 Å². The molecule has 0 bridgehead atoms. The number of hydrogen-bond acceptors (Lipinski definition) is 5. The first kappa shape index (κ1) is 17.2. The number of ether oxygens (including phenoxy) is 1. The summed E-state index contributed by atoms with van der Waals surface area (Å²) in [6, 6.07) is 3.59. The van der Waals surface area contributed by atoms with E-state index in [0.717, 1.165) is 6.07 Å². The topological polar surface area (TPSA) is 68.5 Å². The van der Waals surface area contributed by atoms with Crippen LogP contribution in [-0.2, 0) is 11.0 Å². The van der Waals surface area contributed by atoms with E-state index in [2.05, 4.69) is 14.7 Å². The molecule has 0 unspecified atom stereocenters. The third-order valence-electron chi connectivity index (χ3n) is 3.74. The van der Waals surface area contributed by atoms with Gasteiger partial charge in [0.05, 0.1) is 6.54 Å². The van der Waals surface area contributed by atoms with Crippen LogP contribution in [-0.4, -0.2) is 40.1 Å². The van der Waals surface area contributed by atoms with Gasteiger partial charge in [-0.05, 0) is 18.2 Å². The van der Waals surface area contributed by atoms with Gasteiger partial charge < -0.3 is 14.2 Å². The highest BCUT2D eigenvalue weighted by Gasteiger charge is 2.38. The second-order valence-corrected chi connectivity index (χ2v) is 5.56. The van der Waals surface area contributed by atoms with E-state index in [1.54, 1.807) is 4.90 Å². The molecule has 0 N–H and O–H groups in total. The molecule has 10 heteroatoms. The minimum atomic E-state index is -4.77. The van der Waals surface area contributed by atoms with E-state index in [4.69, 9.17) is 4.74 Å². The monoisotopic (exact) mass is 359 g/mol. The van der Waals surface area contributed by atoms with Crippen LogP contribution >= 0.6 is 0 Å². The van der Waals surface area contributed by atoms with Crippen LogP contribution in [0.4, 0.5) is 17.6 Å². The van der Waals surface area contributed by atoms with Gasteiger partial charge in [-0.3, -0.25) is 4.79 Å². The summed E-state index contributed by atoms with van der Waals surface area (Å²) in [7, 11) is 0. The summed E-state index contributed by atoms with van der Waals surface area (Å²) in [5.41, 5.74) is 0.0286. The van der Waals surface area contributed by atoms with Crippen molar-refractivity contribution in [1.82, 2.24) is 15.0 Å². The lowest BCUT2D eigenvalue weighted by molar-refractivity contribution is -0.159. The molecule has 6 nitrogen and oxygen atoms in total. The van der Waals surface area contributed by atoms with E-state index in [9.17, 15) is 22.4 Å². The molecule has 2 heterocycles. The second-order valence-electron chi connectivity index (χ2n) is 5.56. The van der Waals surface area contributed by atoms with Crippen molar-refractivity contribution in [3.05, 3.63) is 29.9 Å². The second kappa shape index (κ2) is 6.34. The maximum Gasteiger partial charge on any atom is 0.471 e. The molecule has 1 fully saturated rings. The van der Waals surface area contributed by atoms with Crippen molar-refractivity contribution in [2.75, 3.05) is 13.1 Å². The Morgan fingerprint density at radius 1 is 1.40 bits per heavy atom. The molecule has 0 saturated carbocycles. The molecule has 134 valence electrons. The largest absolute Gasteiger partial charge is 0.485 e. The lowest BCUT2D eigenvalue weighted by Gasteiger charge is -2.16. The number of carbonyl (C=O) groups is 1. The lowest BCUT2D eigenvalue weighted by Crippen LogP contribution is -2.28. The van der Waals surface area contributed by atoms with Crippen molar-refractivity contribution in [3.63, 3.8) is 0 Å². The summed E-state index contributed by atoms with van der Waals surface area (Å²) in [4.78, 5) is 16.1. The molecule has 1 atom stereocenters. The van der Waals surface area contributed by atoms with E-state index in [1.165, 1.54) is 19.1 Å². The molecular weight excluding hydrogens is 346 g/mol. The predicted octanol–water partition coefficient (Wildman–Crippen LogP) is 2.89. The molecule has 3 rings (SSSR count). The van der Waals surface area contributed by atoms with Crippen LogP contribution in [0.2, 0.25) is 0 Å². The van der Waals surface area contributed by atoms with Crippen LogP contribution in [0, 0.1) is 5.82 Å². The Morgan fingerprint density at radius 2 is 2.16 bits per heavy atom. The zero-order valence-corrected chi connectivity index (χ0v) is 13.0. The first-order valence-corrected chi connectivity index (χ1v) is 7.37. The van der Waals surface area contributed by atoms with Crippen molar-refractivity contribution in [2.45, 2.75) is 25.6 Å². The van der Waals surface area contributed by atoms with E-state index < -0.39 is 17.9 Å².